The van der Waals surface area contributed by atoms with Crippen LogP contribution in [0.3, 0.4) is 0 Å². The minimum absolute atomic E-state index is 0.0509. The predicted molar refractivity (Wildman–Crippen MR) is 119 cm³/mol. The van der Waals surface area contributed by atoms with Crippen LogP contribution in [-0.2, 0) is 6.54 Å². The molecule has 30 heavy (non-hydrogen) atoms. The van der Waals surface area contributed by atoms with E-state index in [0.29, 0.717) is 17.7 Å². The van der Waals surface area contributed by atoms with E-state index in [1.165, 1.54) is 0 Å². The quantitative estimate of drug-likeness (QED) is 0.331. The number of methoxy groups -OCH3 is 1. The van der Waals surface area contributed by atoms with E-state index in [-0.39, 0.29) is 5.25 Å². The highest BCUT2D eigenvalue weighted by molar-refractivity contribution is 7.99. The Kier molecular flexibility index (Phi) is 6.19. The zero-order chi connectivity index (χ0) is 21.1. The molecule has 3 aromatic heterocycles. The van der Waals surface area contributed by atoms with E-state index >= 15 is 0 Å². The summed E-state index contributed by atoms with van der Waals surface area (Å²) in [6.45, 7) is 7.22. The Morgan fingerprint density at radius 3 is 2.53 bits per heavy atom. The fourth-order valence-corrected chi connectivity index (χ4v) is 4.50. The average Bonchev–Trinajstić information content (AvgIpc) is 3.49. The lowest BCUT2D eigenvalue weighted by molar-refractivity contribution is 0.415. The summed E-state index contributed by atoms with van der Waals surface area (Å²) in [5, 5.41) is 20.1. The van der Waals surface area contributed by atoms with Crippen LogP contribution in [0.1, 0.15) is 31.9 Å². The first-order valence-electron chi connectivity index (χ1n) is 9.66. The summed E-state index contributed by atoms with van der Waals surface area (Å²) in [7, 11) is 1.66. The highest BCUT2D eigenvalue weighted by atomic mass is 32.2. The van der Waals surface area contributed by atoms with Crippen LogP contribution in [-0.4, -0.2) is 32.1 Å². The Labute approximate surface area is 183 Å². The minimum atomic E-state index is -0.0509. The first-order chi connectivity index (χ1) is 14.5. The van der Waals surface area contributed by atoms with E-state index in [1.54, 1.807) is 30.2 Å². The van der Waals surface area contributed by atoms with Crippen molar-refractivity contribution >= 4 is 23.1 Å². The van der Waals surface area contributed by atoms with Gasteiger partial charge >= 0.3 is 0 Å². The SMILES string of the molecule is COc1ccc(-c2nnc(SC(C)c3nnc(-c4cccs4)o3)n2CC(C)C)cc1. The molecule has 0 aliphatic rings. The van der Waals surface area contributed by atoms with Gasteiger partial charge < -0.3 is 13.7 Å². The summed E-state index contributed by atoms with van der Waals surface area (Å²) in [4.78, 5) is 0.968. The van der Waals surface area contributed by atoms with Crippen LogP contribution in [0.2, 0.25) is 0 Å². The standard InChI is InChI=1S/C21H23N5O2S2/c1-13(2)12-26-18(15-7-9-16(27-4)10-8-15)22-25-21(26)30-14(3)19-23-24-20(28-19)17-6-5-11-29-17/h5-11,13-14H,12H2,1-4H3. The van der Waals surface area contributed by atoms with Crippen LogP contribution in [0, 0.1) is 5.92 Å². The van der Waals surface area contributed by atoms with Gasteiger partial charge in [-0.2, -0.15) is 0 Å². The number of nitrogens with zero attached hydrogens (tertiary/aromatic N) is 5. The molecule has 156 valence electrons. The third-order valence-electron chi connectivity index (χ3n) is 4.42. The van der Waals surface area contributed by atoms with Crippen LogP contribution in [0.4, 0.5) is 0 Å². The molecule has 4 aromatic rings. The molecule has 0 radical (unpaired) electrons. The fraction of sp³-hybridized carbons (Fsp3) is 0.333. The third kappa shape index (κ3) is 4.41. The van der Waals surface area contributed by atoms with Gasteiger partial charge in [-0.3, -0.25) is 0 Å². The van der Waals surface area contributed by atoms with Crippen molar-refractivity contribution in [3.05, 3.63) is 47.7 Å². The molecule has 0 aliphatic heterocycles. The lowest BCUT2D eigenvalue weighted by Gasteiger charge is -2.14. The molecule has 3 heterocycles. The zero-order valence-corrected chi connectivity index (χ0v) is 18.9. The van der Waals surface area contributed by atoms with E-state index in [9.17, 15) is 0 Å². The molecule has 0 saturated heterocycles. The van der Waals surface area contributed by atoms with Crippen LogP contribution in [0.5, 0.6) is 5.75 Å². The van der Waals surface area contributed by atoms with Crippen molar-refractivity contribution in [3.8, 4) is 27.9 Å². The van der Waals surface area contributed by atoms with Gasteiger partial charge in [-0.1, -0.05) is 31.7 Å². The highest BCUT2D eigenvalue weighted by Crippen LogP contribution is 2.36. The van der Waals surface area contributed by atoms with Gasteiger partial charge in [0.2, 0.25) is 5.89 Å². The van der Waals surface area contributed by atoms with Crippen molar-refractivity contribution < 1.29 is 9.15 Å². The maximum Gasteiger partial charge on any atom is 0.257 e. The summed E-state index contributed by atoms with van der Waals surface area (Å²) >= 11 is 3.15. The smallest absolute Gasteiger partial charge is 0.257 e. The number of rotatable bonds is 8. The molecule has 0 aliphatic carbocycles. The van der Waals surface area contributed by atoms with Crippen molar-refractivity contribution in [1.29, 1.82) is 0 Å². The number of benzene rings is 1. The molecular formula is C21H23N5O2S2. The first-order valence-corrected chi connectivity index (χ1v) is 11.4. The summed E-state index contributed by atoms with van der Waals surface area (Å²) in [5.74, 6) is 3.23. The number of aromatic nitrogens is 5. The number of ether oxygens (including phenoxy) is 1. The Balaban J connectivity index is 1.59. The van der Waals surface area contributed by atoms with E-state index in [4.69, 9.17) is 9.15 Å². The predicted octanol–water partition coefficient (Wildman–Crippen LogP) is 5.57. The number of thiophene rings is 1. The second-order valence-corrected chi connectivity index (χ2v) is 9.48. The second kappa shape index (κ2) is 9.01. The molecule has 0 amide bonds. The maximum atomic E-state index is 5.90. The second-order valence-electron chi connectivity index (χ2n) is 7.22. The molecule has 4 rings (SSSR count). The normalized spacial score (nSPS) is 12.4. The molecule has 0 N–H and O–H groups in total. The molecule has 1 aromatic carbocycles. The fourth-order valence-electron chi connectivity index (χ4n) is 2.97. The highest BCUT2D eigenvalue weighted by Gasteiger charge is 2.22. The van der Waals surface area contributed by atoms with Crippen LogP contribution in [0.15, 0.2) is 51.4 Å². The molecule has 0 spiro atoms. The first kappa shape index (κ1) is 20.6. The Bertz CT molecular complexity index is 1090. The minimum Gasteiger partial charge on any atom is -0.497 e. The molecule has 1 unspecified atom stereocenters. The van der Waals surface area contributed by atoms with Crippen molar-refractivity contribution in [2.75, 3.05) is 7.11 Å². The van der Waals surface area contributed by atoms with Crippen LogP contribution >= 0.6 is 23.1 Å². The van der Waals surface area contributed by atoms with Gasteiger partial charge in [-0.15, -0.1) is 31.7 Å². The van der Waals surface area contributed by atoms with Crippen molar-refractivity contribution in [1.82, 2.24) is 25.0 Å². The molecule has 7 nitrogen and oxygen atoms in total. The van der Waals surface area contributed by atoms with Crippen molar-refractivity contribution in [2.45, 2.75) is 37.7 Å². The zero-order valence-electron chi connectivity index (χ0n) is 17.3. The largest absolute Gasteiger partial charge is 0.497 e. The van der Waals surface area contributed by atoms with E-state index in [2.05, 4.69) is 38.8 Å². The van der Waals surface area contributed by atoms with Gasteiger partial charge in [0.15, 0.2) is 11.0 Å². The van der Waals surface area contributed by atoms with Gasteiger partial charge in [0.25, 0.3) is 5.89 Å². The van der Waals surface area contributed by atoms with Crippen LogP contribution in [0.25, 0.3) is 22.2 Å². The lowest BCUT2D eigenvalue weighted by atomic mass is 10.2. The molecule has 0 fully saturated rings. The number of hydrogen-bond donors (Lipinski definition) is 0. The van der Waals surface area contributed by atoms with Crippen molar-refractivity contribution in [2.24, 2.45) is 5.92 Å². The van der Waals surface area contributed by atoms with Crippen molar-refractivity contribution in [3.63, 3.8) is 0 Å². The Morgan fingerprint density at radius 1 is 1.07 bits per heavy atom. The molecule has 1 atom stereocenters. The van der Waals surface area contributed by atoms with Gasteiger partial charge in [-0.25, -0.2) is 0 Å². The number of hydrogen-bond acceptors (Lipinski definition) is 8. The monoisotopic (exact) mass is 441 g/mol. The van der Waals surface area contributed by atoms with E-state index < -0.39 is 0 Å². The Morgan fingerprint density at radius 2 is 1.87 bits per heavy atom. The van der Waals surface area contributed by atoms with E-state index in [1.807, 2.05) is 48.7 Å². The maximum absolute atomic E-state index is 5.90. The van der Waals surface area contributed by atoms with Gasteiger partial charge in [0, 0.05) is 12.1 Å². The summed E-state index contributed by atoms with van der Waals surface area (Å²) in [6.07, 6.45) is 0. The molecule has 9 heteroatoms. The number of thioether (sulfide) groups is 1. The van der Waals surface area contributed by atoms with Crippen LogP contribution < -0.4 is 4.74 Å². The van der Waals surface area contributed by atoms with Gasteiger partial charge in [-0.05, 0) is 48.6 Å². The molecular weight excluding hydrogens is 418 g/mol. The summed E-state index contributed by atoms with van der Waals surface area (Å²) in [6, 6.07) is 11.8. The topological polar surface area (TPSA) is 78.9 Å². The molecule has 0 bridgehead atoms. The lowest BCUT2D eigenvalue weighted by Crippen LogP contribution is -2.08. The van der Waals surface area contributed by atoms with Gasteiger partial charge in [0.1, 0.15) is 5.75 Å². The summed E-state index contributed by atoms with van der Waals surface area (Å²) < 4.78 is 13.3. The van der Waals surface area contributed by atoms with Gasteiger partial charge in [0.05, 0.1) is 17.2 Å². The Hall–Kier alpha value is -2.65. The summed E-state index contributed by atoms with van der Waals surface area (Å²) in [5.41, 5.74) is 1.00. The molecule has 0 saturated carbocycles. The van der Waals surface area contributed by atoms with E-state index in [0.717, 1.165) is 33.7 Å². The average molecular weight is 442 g/mol. The third-order valence-corrected chi connectivity index (χ3v) is 6.34.